The van der Waals surface area contributed by atoms with E-state index in [-0.39, 0.29) is 18.1 Å². The summed E-state index contributed by atoms with van der Waals surface area (Å²) in [6, 6.07) is 12.2. The maximum atomic E-state index is 15.5. The summed E-state index contributed by atoms with van der Waals surface area (Å²) >= 11 is 0. The van der Waals surface area contributed by atoms with E-state index in [0.717, 1.165) is 29.7 Å². The van der Waals surface area contributed by atoms with E-state index >= 15 is 4.39 Å². The molecular weight excluding hydrogens is 462 g/mol. The fourth-order valence-electron chi connectivity index (χ4n) is 4.46. The fourth-order valence-corrected chi connectivity index (χ4v) is 4.46. The van der Waals surface area contributed by atoms with Crippen molar-refractivity contribution in [3.05, 3.63) is 82.9 Å². The minimum Gasteiger partial charge on any atom is -0.369 e. The van der Waals surface area contributed by atoms with Gasteiger partial charge in [0.25, 0.3) is 0 Å². The van der Waals surface area contributed by atoms with Gasteiger partial charge in [-0.2, -0.15) is 17.6 Å². The van der Waals surface area contributed by atoms with E-state index < -0.39 is 29.0 Å². The van der Waals surface area contributed by atoms with Crippen molar-refractivity contribution in [1.29, 1.82) is 0 Å². The number of rotatable bonds is 7. The van der Waals surface area contributed by atoms with Crippen LogP contribution in [0.1, 0.15) is 42.0 Å². The van der Waals surface area contributed by atoms with Gasteiger partial charge in [-0.25, -0.2) is 9.97 Å². The molecule has 1 atom stereocenters. The Morgan fingerprint density at radius 2 is 1.74 bits per heavy atom. The molecule has 1 saturated heterocycles. The number of primary amides is 1. The molecule has 1 amide bonds. The van der Waals surface area contributed by atoms with Crippen LogP contribution in [0.3, 0.4) is 0 Å². The number of nitrogens with one attached hydrogen (secondary N) is 1. The number of hydrogen-bond donors (Lipinski definition) is 2. The van der Waals surface area contributed by atoms with Crippen LogP contribution in [0.5, 0.6) is 0 Å². The molecule has 0 radical (unpaired) electrons. The van der Waals surface area contributed by atoms with Crippen LogP contribution in [0.25, 0.3) is 0 Å². The highest BCUT2D eigenvalue weighted by Crippen LogP contribution is 2.43. The first-order valence-electron chi connectivity index (χ1n) is 11.1. The molecule has 4 rings (SSSR count). The average Bonchev–Trinajstić information content (AvgIpc) is 3.21. The molecule has 3 aromatic rings. The first kappa shape index (κ1) is 24.4. The van der Waals surface area contributed by atoms with Gasteiger partial charge in [0.2, 0.25) is 11.7 Å². The Balaban J connectivity index is 1.53. The van der Waals surface area contributed by atoms with Gasteiger partial charge in [0, 0.05) is 13.1 Å². The lowest BCUT2D eigenvalue weighted by molar-refractivity contribution is -0.137. The van der Waals surface area contributed by atoms with Crippen molar-refractivity contribution in [1.82, 2.24) is 9.97 Å². The number of nitrogens with zero attached hydrogens (tertiary/aromatic N) is 3. The van der Waals surface area contributed by atoms with Crippen LogP contribution in [0.15, 0.2) is 54.9 Å². The molecule has 35 heavy (non-hydrogen) atoms. The van der Waals surface area contributed by atoms with Crippen molar-refractivity contribution in [2.75, 3.05) is 16.8 Å². The van der Waals surface area contributed by atoms with E-state index in [0.29, 0.717) is 25.1 Å². The molecule has 0 saturated carbocycles. The SMILES string of the molecule is CC1(c2ccc(C(F)(F)F)cc2)CCCN1c1ncnc(NCc2ccc(CC(N)=O)cc2)c1F. The van der Waals surface area contributed by atoms with Crippen molar-refractivity contribution in [2.45, 2.75) is 44.4 Å². The molecule has 1 aliphatic rings. The lowest BCUT2D eigenvalue weighted by Crippen LogP contribution is -2.40. The molecule has 0 spiro atoms. The molecule has 0 bridgehead atoms. The maximum absolute atomic E-state index is 15.5. The number of nitrogens with two attached hydrogens (primary N) is 1. The minimum atomic E-state index is -4.42. The van der Waals surface area contributed by atoms with E-state index in [2.05, 4.69) is 15.3 Å². The second-order valence-electron chi connectivity index (χ2n) is 8.78. The lowest BCUT2D eigenvalue weighted by Gasteiger charge is -2.37. The first-order valence-corrected chi connectivity index (χ1v) is 11.1. The molecule has 1 fully saturated rings. The van der Waals surface area contributed by atoms with Gasteiger partial charge in [-0.3, -0.25) is 4.79 Å². The Bertz CT molecular complexity index is 1200. The molecule has 0 aliphatic carbocycles. The number of alkyl halides is 3. The quantitative estimate of drug-likeness (QED) is 0.468. The topological polar surface area (TPSA) is 84.1 Å². The van der Waals surface area contributed by atoms with Crippen LogP contribution in [0, 0.1) is 5.82 Å². The number of amides is 1. The third-order valence-corrected chi connectivity index (χ3v) is 6.36. The van der Waals surface area contributed by atoms with Gasteiger partial charge in [0.15, 0.2) is 11.6 Å². The zero-order valence-electron chi connectivity index (χ0n) is 19.1. The monoisotopic (exact) mass is 487 g/mol. The Kier molecular flexibility index (Phi) is 6.64. The summed E-state index contributed by atoms with van der Waals surface area (Å²) in [6.45, 7) is 2.68. The molecule has 2 aromatic carbocycles. The Hall–Kier alpha value is -3.69. The summed E-state index contributed by atoms with van der Waals surface area (Å²) in [7, 11) is 0. The molecule has 2 heterocycles. The molecule has 3 N–H and O–H groups in total. The van der Waals surface area contributed by atoms with Crippen LogP contribution >= 0.6 is 0 Å². The van der Waals surface area contributed by atoms with E-state index in [1.807, 2.05) is 19.1 Å². The van der Waals surface area contributed by atoms with Crippen molar-refractivity contribution >= 4 is 17.5 Å². The smallest absolute Gasteiger partial charge is 0.369 e. The predicted octanol–water partition coefficient (Wildman–Crippen LogP) is 4.79. The molecule has 6 nitrogen and oxygen atoms in total. The van der Waals surface area contributed by atoms with Gasteiger partial charge in [-0.1, -0.05) is 36.4 Å². The number of anilines is 2. The van der Waals surface area contributed by atoms with Crippen LogP contribution in [0.2, 0.25) is 0 Å². The lowest BCUT2D eigenvalue weighted by atomic mass is 9.88. The molecule has 184 valence electrons. The van der Waals surface area contributed by atoms with Gasteiger partial charge in [0.05, 0.1) is 17.5 Å². The van der Waals surface area contributed by atoms with E-state index in [4.69, 9.17) is 5.73 Å². The third kappa shape index (κ3) is 5.21. The average molecular weight is 488 g/mol. The number of halogens is 4. The number of carbonyl (C=O) groups is 1. The standard InChI is InChI=1S/C25H25F4N5O/c1-24(18-7-9-19(10-8-18)25(27,28)29)11-2-12-34(24)23-21(26)22(32-15-33-23)31-14-17-5-3-16(4-6-17)13-20(30)35/h3-10,15H,2,11-14H2,1H3,(H2,30,35)(H,31,32,33). The van der Waals surface area contributed by atoms with E-state index in [9.17, 15) is 18.0 Å². The number of benzene rings is 2. The van der Waals surface area contributed by atoms with Gasteiger partial charge >= 0.3 is 6.18 Å². The minimum absolute atomic E-state index is 0.0258. The van der Waals surface area contributed by atoms with Gasteiger partial charge in [-0.05, 0) is 48.6 Å². The van der Waals surface area contributed by atoms with Crippen molar-refractivity contribution in [3.63, 3.8) is 0 Å². The van der Waals surface area contributed by atoms with Crippen LogP contribution < -0.4 is 16.0 Å². The summed E-state index contributed by atoms with van der Waals surface area (Å²) in [5, 5.41) is 2.98. The third-order valence-electron chi connectivity index (χ3n) is 6.36. The highest BCUT2D eigenvalue weighted by Gasteiger charge is 2.41. The summed E-state index contributed by atoms with van der Waals surface area (Å²) in [5.41, 5.74) is 6.06. The van der Waals surface area contributed by atoms with Crippen molar-refractivity contribution in [2.24, 2.45) is 5.73 Å². The van der Waals surface area contributed by atoms with Gasteiger partial charge in [0.1, 0.15) is 6.33 Å². The van der Waals surface area contributed by atoms with Crippen molar-refractivity contribution < 1.29 is 22.4 Å². The number of carbonyl (C=O) groups excluding carboxylic acids is 1. The van der Waals surface area contributed by atoms with E-state index in [1.54, 1.807) is 17.0 Å². The van der Waals surface area contributed by atoms with Gasteiger partial charge in [-0.15, -0.1) is 0 Å². The first-order chi connectivity index (χ1) is 16.6. The Morgan fingerprint density at radius 3 is 2.37 bits per heavy atom. The van der Waals surface area contributed by atoms with Crippen LogP contribution in [-0.4, -0.2) is 22.4 Å². The second-order valence-corrected chi connectivity index (χ2v) is 8.78. The molecule has 1 aliphatic heterocycles. The summed E-state index contributed by atoms with van der Waals surface area (Å²) in [6.07, 6.45) is -1.63. The Morgan fingerprint density at radius 1 is 1.09 bits per heavy atom. The highest BCUT2D eigenvalue weighted by atomic mass is 19.4. The largest absolute Gasteiger partial charge is 0.416 e. The van der Waals surface area contributed by atoms with E-state index in [1.165, 1.54) is 18.5 Å². The Labute approximate surface area is 200 Å². The summed E-state index contributed by atoms with van der Waals surface area (Å²) in [5.74, 6) is -0.924. The molecular formula is C25H25F4N5O. The van der Waals surface area contributed by atoms with Crippen LogP contribution in [-0.2, 0) is 29.5 Å². The fraction of sp³-hybridized carbons (Fsp3) is 0.320. The number of hydrogen-bond acceptors (Lipinski definition) is 5. The van der Waals surface area contributed by atoms with Crippen LogP contribution in [0.4, 0.5) is 29.2 Å². The molecule has 1 aromatic heterocycles. The van der Waals surface area contributed by atoms with Gasteiger partial charge < -0.3 is 16.0 Å². The second kappa shape index (κ2) is 9.52. The number of aromatic nitrogens is 2. The van der Waals surface area contributed by atoms with Crippen molar-refractivity contribution in [3.8, 4) is 0 Å². The summed E-state index contributed by atoms with van der Waals surface area (Å²) < 4.78 is 54.5. The maximum Gasteiger partial charge on any atom is 0.416 e. The highest BCUT2D eigenvalue weighted by molar-refractivity contribution is 5.76. The molecule has 1 unspecified atom stereocenters. The molecule has 10 heteroatoms. The normalized spacial score (nSPS) is 18.0. The zero-order chi connectivity index (χ0) is 25.2. The zero-order valence-corrected chi connectivity index (χ0v) is 19.1. The predicted molar refractivity (Wildman–Crippen MR) is 124 cm³/mol. The summed E-state index contributed by atoms with van der Waals surface area (Å²) in [4.78, 5) is 21.0.